The standard InChI is InChI=1S/C29H34N4O9/c1-31(2)19-8-6-5-7-17-20(32(3)4)13-18(15-9-11-16(12-10-15)33(41)42)25(36)23(17)21(34)14-22(35)27(38)28(39)24(26(19)37)29(30)40/h9-14,19,27,34,36-38H,5-8H2,1-4H3,(H2,30,40)/b21-14?,26-24-/t19-,27-/m0/s1. The molecule has 0 aliphatic heterocycles. The molecule has 13 heteroatoms. The minimum atomic E-state index is -2.49. The number of anilines is 1. The van der Waals surface area contributed by atoms with Gasteiger partial charge in [-0.1, -0.05) is 6.42 Å². The van der Waals surface area contributed by atoms with Gasteiger partial charge < -0.3 is 31.1 Å². The monoisotopic (exact) mass is 582 g/mol. The molecular weight excluding hydrogens is 548 g/mol. The second-order valence-electron chi connectivity index (χ2n) is 10.4. The van der Waals surface area contributed by atoms with E-state index in [9.17, 15) is 44.9 Å². The lowest BCUT2D eigenvalue weighted by Crippen LogP contribution is -2.39. The van der Waals surface area contributed by atoms with Crippen LogP contribution in [-0.4, -0.2) is 88.1 Å². The van der Waals surface area contributed by atoms with E-state index in [1.54, 1.807) is 44.1 Å². The molecule has 0 heterocycles. The number of phenolic OH excluding ortho intramolecular Hbond substituents is 1. The fourth-order valence-electron chi connectivity index (χ4n) is 4.98. The molecule has 224 valence electrons. The van der Waals surface area contributed by atoms with E-state index in [4.69, 9.17) is 5.73 Å². The third-order valence-electron chi connectivity index (χ3n) is 7.15. The number of nitrogens with two attached hydrogens (primary N) is 1. The van der Waals surface area contributed by atoms with Crippen LogP contribution in [0.5, 0.6) is 5.75 Å². The fourth-order valence-corrected chi connectivity index (χ4v) is 4.98. The summed E-state index contributed by atoms with van der Waals surface area (Å²) in [6.07, 6.45) is -0.460. The Kier molecular flexibility index (Phi) is 9.71. The van der Waals surface area contributed by atoms with Crippen LogP contribution >= 0.6 is 0 Å². The minimum absolute atomic E-state index is 0.128. The number of hydrogen-bond acceptors (Lipinski definition) is 11. The number of phenols is 1. The summed E-state index contributed by atoms with van der Waals surface area (Å²) in [5.41, 5.74) is 5.75. The van der Waals surface area contributed by atoms with Crippen molar-refractivity contribution in [3.63, 3.8) is 0 Å². The predicted octanol–water partition coefficient (Wildman–Crippen LogP) is 2.39. The van der Waals surface area contributed by atoms with Gasteiger partial charge in [-0.2, -0.15) is 0 Å². The molecule has 0 fully saturated rings. The van der Waals surface area contributed by atoms with Crippen molar-refractivity contribution in [2.75, 3.05) is 33.1 Å². The number of nitrogens with zero attached hydrogens (tertiary/aromatic N) is 3. The third-order valence-corrected chi connectivity index (χ3v) is 7.15. The first-order valence-corrected chi connectivity index (χ1v) is 13.0. The molecule has 1 aliphatic rings. The lowest BCUT2D eigenvalue weighted by atomic mass is 9.89. The molecule has 0 aromatic heterocycles. The molecule has 42 heavy (non-hydrogen) atoms. The van der Waals surface area contributed by atoms with Crippen molar-refractivity contribution in [1.82, 2.24) is 4.90 Å². The molecule has 13 nitrogen and oxygen atoms in total. The smallest absolute Gasteiger partial charge is 0.269 e. The Morgan fingerprint density at radius 1 is 1.05 bits per heavy atom. The molecule has 0 bridgehead atoms. The molecule has 0 spiro atoms. The van der Waals surface area contributed by atoms with Crippen LogP contribution in [0.2, 0.25) is 0 Å². The number of aliphatic hydroxyl groups is 3. The number of primary amides is 1. The van der Waals surface area contributed by atoms with Gasteiger partial charge >= 0.3 is 0 Å². The number of nitro groups is 1. The number of hydrogen-bond donors (Lipinski definition) is 5. The van der Waals surface area contributed by atoms with Crippen LogP contribution < -0.4 is 10.6 Å². The number of aliphatic hydroxyl groups excluding tert-OH is 3. The van der Waals surface area contributed by atoms with Crippen molar-refractivity contribution in [2.45, 2.75) is 37.8 Å². The maximum Gasteiger partial charge on any atom is 0.269 e. The van der Waals surface area contributed by atoms with Gasteiger partial charge in [-0.3, -0.25) is 29.4 Å². The van der Waals surface area contributed by atoms with Crippen LogP contribution in [-0.2, 0) is 20.8 Å². The number of amides is 1. The first kappa shape index (κ1) is 31.8. The van der Waals surface area contributed by atoms with E-state index in [1.165, 1.54) is 24.3 Å². The summed E-state index contributed by atoms with van der Waals surface area (Å²) in [5, 5.41) is 55.1. The zero-order valence-electron chi connectivity index (χ0n) is 23.7. The highest BCUT2D eigenvalue weighted by Crippen LogP contribution is 2.43. The van der Waals surface area contributed by atoms with Crippen molar-refractivity contribution in [1.29, 1.82) is 0 Å². The van der Waals surface area contributed by atoms with E-state index in [0.717, 1.165) is 0 Å². The van der Waals surface area contributed by atoms with E-state index in [2.05, 4.69) is 0 Å². The number of benzene rings is 2. The Morgan fingerprint density at radius 2 is 1.67 bits per heavy atom. The lowest BCUT2D eigenvalue weighted by molar-refractivity contribution is -0.384. The maximum absolute atomic E-state index is 13.0. The first-order chi connectivity index (χ1) is 19.7. The summed E-state index contributed by atoms with van der Waals surface area (Å²) in [6, 6.07) is 6.21. The number of likely N-dealkylation sites (N-methyl/N-ethyl adjacent to an activating group) is 1. The largest absolute Gasteiger partial charge is 0.510 e. The first-order valence-electron chi connectivity index (χ1n) is 13.0. The van der Waals surface area contributed by atoms with Gasteiger partial charge in [-0.15, -0.1) is 0 Å². The van der Waals surface area contributed by atoms with Gasteiger partial charge in [0.1, 0.15) is 22.8 Å². The SMILES string of the molecule is CN(C)c1cc(-c2ccc([N+](=O)[O-])cc2)c(O)c2c1CCCC[C@H](N(C)C)/C(O)=C(/C(N)=O)C(=O)[C@@H](O)C(=O)C=C2O. The molecule has 2 atom stereocenters. The van der Waals surface area contributed by atoms with Gasteiger partial charge in [-0.05, 0) is 62.7 Å². The predicted molar refractivity (Wildman–Crippen MR) is 155 cm³/mol. The maximum atomic E-state index is 13.0. The number of nitro benzene ring substituents is 1. The van der Waals surface area contributed by atoms with Gasteiger partial charge in [0.25, 0.3) is 11.6 Å². The Hall–Kier alpha value is -4.75. The average molecular weight is 583 g/mol. The number of ketones is 2. The second kappa shape index (κ2) is 12.8. The molecule has 0 unspecified atom stereocenters. The number of fused-ring (bicyclic) bond motifs is 1. The molecule has 2 aromatic carbocycles. The highest BCUT2D eigenvalue weighted by atomic mass is 16.6. The van der Waals surface area contributed by atoms with Crippen molar-refractivity contribution in [2.24, 2.45) is 5.73 Å². The van der Waals surface area contributed by atoms with Gasteiger partial charge in [-0.25, -0.2) is 0 Å². The van der Waals surface area contributed by atoms with Crippen molar-refractivity contribution < 1.29 is 39.7 Å². The molecule has 1 aliphatic carbocycles. The van der Waals surface area contributed by atoms with Gasteiger partial charge in [0.05, 0.1) is 16.5 Å². The molecule has 0 saturated carbocycles. The van der Waals surface area contributed by atoms with Crippen LogP contribution in [0.4, 0.5) is 11.4 Å². The van der Waals surface area contributed by atoms with E-state index in [1.807, 2.05) is 0 Å². The topological polar surface area (TPSA) is 208 Å². The third kappa shape index (κ3) is 6.42. The Bertz CT molecular complexity index is 1480. The van der Waals surface area contributed by atoms with Crippen LogP contribution in [0.1, 0.15) is 30.4 Å². The zero-order valence-corrected chi connectivity index (χ0v) is 23.7. The van der Waals surface area contributed by atoms with Crippen molar-refractivity contribution >= 4 is 34.6 Å². The minimum Gasteiger partial charge on any atom is -0.510 e. The van der Waals surface area contributed by atoms with Crippen LogP contribution in [0.15, 0.2) is 47.7 Å². The van der Waals surface area contributed by atoms with Crippen LogP contribution in [0.25, 0.3) is 16.9 Å². The normalized spacial score (nSPS) is 20.5. The fraction of sp³-hybridized carbons (Fsp3) is 0.345. The van der Waals surface area contributed by atoms with Gasteiger partial charge in [0.15, 0.2) is 11.9 Å². The number of rotatable bonds is 5. The molecule has 6 N–H and O–H groups in total. The average Bonchev–Trinajstić information content (AvgIpc) is 2.91. The summed E-state index contributed by atoms with van der Waals surface area (Å²) in [4.78, 5) is 52.0. The van der Waals surface area contributed by atoms with Crippen LogP contribution in [0.3, 0.4) is 0 Å². The van der Waals surface area contributed by atoms with Crippen molar-refractivity contribution in [3.05, 3.63) is 69.0 Å². The van der Waals surface area contributed by atoms with Gasteiger partial charge in [0.2, 0.25) is 5.78 Å². The molecule has 3 rings (SSSR count). The lowest BCUT2D eigenvalue weighted by Gasteiger charge is -2.26. The molecule has 2 aromatic rings. The number of carbonyl (C=O) groups excluding carboxylic acids is 3. The Morgan fingerprint density at radius 3 is 2.19 bits per heavy atom. The van der Waals surface area contributed by atoms with E-state index >= 15 is 0 Å². The van der Waals surface area contributed by atoms with E-state index < -0.39 is 57.4 Å². The summed E-state index contributed by atoms with van der Waals surface area (Å²) >= 11 is 0. The number of aromatic hydroxyl groups is 1. The highest BCUT2D eigenvalue weighted by molar-refractivity contribution is 6.27. The molecule has 1 amide bonds. The molecule has 0 radical (unpaired) electrons. The number of carbonyl (C=O) groups is 3. The number of Topliss-reactive ketones (excluding diaryl/α,β-unsaturated/α-hetero) is 1. The summed E-state index contributed by atoms with van der Waals surface area (Å²) < 4.78 is 0. The van der Waals surface area contributed by atoms with Crippen molar-refractivity contribution in [3.8, 4) is 16.9 Å². The van der Waals surface area contributed by atoms with E-state index in [-0.39, 0.29) is 29.7 Å². The summed E-state index contributed by atoms with van der Waals surface area (Å²) in [7, 11) is 6.71. The highest BCUT2D eigenvalue weighted by Gasteiger charge is 2.35. The van der Waals surface area contributed by atoms with Crippen LogP contribution in [0, 0.1) is 10.1 Å². The second-order valence-corrected chi connectivity index (χ2v) is 10.4. The van der Waals surface area contributed by atoms with E-state index in [0.29, 0.717) is 35.7 Å². The summed E-state index contributed by atoms with van der Waals surface area (Å²) in [5.74, 6) is -5.95. The number of non-ortho nitro benzene ring substituents is 1. The zero-order chi connectivity index (χ0) is 31.5. The Labute approximate surface area is 241 Å². The van der Waals surface area contributed by atoms with Gasteiger partial charge in [0, 0.05) is 43.6 Å². The quantitative estimate of drug-likeness (QED) is 0.150. The summed E-state index contributed by atoms with van der Waals surface area (Å²) in [6.45, 7) is 0. The Balaban J connectivity index is 2.28. The molecule has 0 saturated heterocycles. The molecular formula is C29H34N4O9.